The standard InChI is InChI=1S/C15H11ClF3N3O2S/c16-11-6-3-9(15(17,18)19)7-12(11)20-14(25)22-21-10-4-1-8(2-5-10)13(23)24/h1-7,21H,(H,23,24)(H2,20,22,25)/p-1. The fraction of sp³-hybridized carbons (Fsp3) is 0.0667. The van der Waals surface area contributed by atoms with Gasteiger partial charge in [-0.05, 0) is 48.1 Å². The second-order valence-electron chi connectivity index (χ2n) is 4.76. The number of alkyl halides is 3. The fourth-order valence-electron chi connectivity index (χ4n) is 1.77. The SMILES string of the molecule is O=C([O-])c1ccc(NNC(=S)Nc2cc(C(F)(F)F)ccc2Cl)cc1. The summed E-state index contributed by atoms with van der Waals surface area (Å²) in [5, 5.41) is 13.2. The smallest absolute Gasteiger partial charge is 0.416 e. The summed E-state index contributed by atoms with van der Waals surface area (Å²) < 4.78 is 38.2. The van der Waals surface area contributed by atoms with Gasteiger partial charge < -0.3 is 15.2 Å². The number of aromatic carboxylic acids is 1. The third-order valence-electron chi connectivity index (χ3n) is 2.98. The fourth-order valence-corrected chi connectivity index (χ4v) is 2.10. The van der Waals surface area contributed by atoms with Gasteiger partial charge in [0.15, 0.2) is 5.11 Å². The molecule has 0 heterocycles. The van der Waals surface area contributed by atoms with Crippen molar-refractivity contribution >= 4 is 46.3 Å². The number of anilines is 2. The van der Waals surface area contributed by atoms with Crippen LogP contribution in [0, 0.1) is 0 Å². The van der Waals surface area contributed by atoms with Crippen LogP contribution in [-0.4, -0.2) is 11.1 Å². The van der Waals surface area contributed by atoms with Crippen molar-refractivity contribution in [3.63, 3.8) is 0 Å². The molecule has 2 aromatic carbocycles. The predicted octanol–water partition coefficient (Wildman–Crippen LogP) is 3.04. The van der Waals surface area contributed by atoms with Crippen molar-refractivity contribution in [1.29, 1.82) is 0 Å². The summed E-state index contributed by atoms with van der Waals surface area (Å²) >= 11 is 10.8. The molecule has 0 bridgehead atoms. The first-order valence-electron chi connectivity index (χ1n) is 6.68. The molecule has 0 radical (unpaired) electrons. The van der Waals surface area contributed by atoms with Crippen LogP contribution in [-0.2, 0) is 6.18 Å². The molecule has 0 fully saturated rings. The highest BCUT2D eigenvalue weighted by Crippen LogP contribution is 2.33. The van der Waals surface area contributed by atoms with Crippen LogP contribution in [0.4, 0.5) is 24.5 Å². The summed E-state index contributed by atoms with van der Waals surface area (Å²) in [6.45, 7) is 0. The topological polar surface area (TPSA) is 76.2 Å². The molecule has 0 aliphatic carbocycles. The number of halogens is 4. The van der Waals surface area contributed by atoms with Gasteiger partial charge in [-0.15, -0.1) is 0 Å². The van der Waals surface area contributed by atoms with Gasteiger partial charge in [-0.25, -0.2) is 0 Å². The highest BCUT2D eigenvalue weighted by atomic mass is 35.5. The molecule has 0 atom stereocenters. The van der Waals surface area contributed by atoms with Crippen LogP contribution in [0.5, 0.6) is 0 Å². The van der Waals surface area contributed by atoms with E-state index in [1.165, 1.54) is 24.3 Å². The monoisotopic (exact) mass is 388 g/mol. The normalized spacial score (nSPS) is 10.9. The molecular formula is C15H10ClF3N3O2S-. The summed E-state index contributed by atoms with van der Waals surface area (Å²) in [5.74, 6) is -1.31. The number of benzene rings is 2. The number of carbonyl (C=O) groups excluding carboxylic acids is 1. The van der Waals surface area contributed by atoms with Crippen LogP contribution in [0.25, 0.3) is 0 Å². The van der Waals surface area contributed by atoms with Gasteiger partial charge >= 0.3 is 6.18 Å². The summed E-state index contributed by atoms with van der Waals surface area (Å²) in [5.41, 5.74) is 4.81. The second-order valence-corrected chi connectivity index (χ2v) is 5.58. The average molecular weight is 389 g/mol. The van der Waals surface area contributed by atoms with E-state index in [1.54, 1.807) is 0 Å². The van der Waals surface area contributed by atoms with Crippen molar-refractivity contribution < 1.29 is 23.1 Å². The Balaban J connectivity index is 1.99. The zero-order valence-corrected chi connectivity index (χ0v) is 13.9. The minimum absolute atomic E-state index is 0.00185. The molecule has 0 unspecified atom stereocenters. The van der Waals surface area contributed by atoms with Crippen molar-refractivity contribution in [1.82, 2.24) is 5.43 Å². The van der Waals surface area contributed by atoms with E-state index in [4.69, 9.17) is 23.8 Å². The zero-order valence-electron chi connectivity index (χ0n) is 12.3. The maximum absolute atomic E-state index is 12.7. The molecule has 0 amide bonds. The van der Waals surface area contributed by atoms with E-state index in [2.05, 4.69) is 16.2 Å². The highest BCUT2D eigenvalue weighted by Gasteiger charge is 2.31. The lowest BCUT2D eigenvalue weighted by Gasteiger charge is -2.15. The molecule has 0 saturated carbocycles. The number of carbonyl (C=O) groups is 1. The van der Waals surface area contributed by atoms with E-state index in [0.717, 1.165) is 18.2 Å². The third kappa shape index (κ3) is 5.23. The van der Waals surface area contributed by atoms with Crippen LogP contribution in [0.3, 0.4) is 0 Å². The Morgan fingerprint density at radius 2 is 1.76 bits per heavy atom. The Morgan fingerprint density at radius 3 is 2.32 bits per heavy atom. The molecule has 10 heteroatoms. The summed E-state index contributed by atoms with van der Waals surface area (Å²) in [6, 6.07) is 8.36. The van der Waals surface area contributed by atoms with Crippen molar-refractivity contribution in [3.8, 4) is 0 Å². The molecule has 0 saturated heterocycles. The minimum atomic E-state index is -4.50. The highest BCUT2D eigenvalue weighted by molar-refractivity contribution is 7.80. The molecule has 2 aromatic rings. The van der Waals surface area contributed by atoms with Gasteiger partial charge in [0, 0.05) is 0 Å². The average Bonchev–Trinajstić information content (AvgIpc) is 2.54. The van der Waals surface area contributed by atoms with Gasteiger partial charge in [0.05, 0.1) is 27.9 Å². The number of hydrogen-bond acceptors (Lipinski definition) is 4. The second kappa shape index (κ2) is 7.58. The number of carboxylic acid groups (broad SMARTS) is 1. The summed E-state index contributed by atoms with van der Waals surface area (Å²) in [4.78, 5) is 10.6. The molecule has 25 heavy (non-hydrogen) atoms. The van der Waals surface area contributed by atoms with Crippen molar-refractivity contribution in [2.75, 3.05) is 10.7 Å². The maximum Gasteiger partial charge on any atom is 0.416 e. The Hall–Kier alpha value is -2.52. The molecule has 0 aliphatic heterocycles. The molecule has 3 N–H and O–H groups in total. The van der Waals surface area contributed by atoms with Gasteiger partial charge in [-0.1, -0.05) is 23.7 Å². The lowest BCUT2D eigenvalue weighted by molar-refractivity contribution is -0.255. The van der Waals surface area contributed by atoms with Gasteiger partial charge in [0.1, 0.15) is 0 Å². The van der Waals surface area contributed by atoms with Gasteiger partial charge in [0.2, 0.25) is 0 Å². The zero-order chi connectivity index (χ0) is 18.6. The molecular weight excluding hydrogens is 379 g/mol. The van der Waals surface area contributed by atoms with Crippen LogP contribution in [0.2, 0.25) is 5.02 Å². The number of rotatable bonds is 4. The minimum Gasteiger partial charge on any atom is -0.545 e. The number of carboxylic acids is 1. The van der Waals surface area contributed by atoms with Crippen molar-refractivity contribution in [2.45, 2.75) is 6.18 Å². The van der Waals surface area contributed by atoms with Gasteiger partial charge in [-0.2, -0.15) is 13.2 Å². The Kier molecular flexibility index (Phi) is 5.70. The molecule has 0 spiro atoms. The first-order valence-corrected chi connectivity index (χ1v) is 7.46. The van der Waals surface area contributed by atoms with Crippen LogP contribution < -0.4 is 21.3 Å². The van der Waals surface area contributed by atoms with Gasteiger partial charge in [-0.3, -0.25) is 10.9 Å². The van der Waals surface area contributed by atoms with E-state index >= 15 is 0 Å². The third-order valence-corrected chi connectivity index (χ3v) is 3.52. The Morgan fingerprint density at radius 1 is 1.12 bits per heavy atom. The van der Waals surface area contributed by atoms with Gasteiger partial charge in [0.25, 0.3) is 0 Å². The number of nitrogens with one attached hydrogen (secondary N) is 3. The van der Waals surface area contributed by atoms with E-state index in [0.29, 0.717) is 5.69 Å². The van der Waals surface area contributed by atoms with Crippen LogP contribution in [0.1, 0.15) is 15.9 Å². The molecule has 2 rings (SSSR count). The van der Waals surface area contributed by atoms with Crippen molar-refractivity contribution in [2.24, 2.45) is 0 Å². The summed E-state index contributed by atoms with van der Waals surface area (Å²) in [7, 11) is 0. The maximum atomic E-state index is 12.7. The summed E-state index contributed by atoms with van der Waals surface area (Å²) in [6.07, 6.45) is -4.50. The van der Waals surface area contributed by atoms with Crippen LogP contribution >= 0.6 is 23.8 Å². The first-order chi connectivity index (χ1) is 11.7. The molecule has 132 valence electrons. The Labute approximate surface area is 150 Å². The molecule has 0 aliphatic rings. The number of thiocarbonyl (C=S) groups is 1. The van der Waals surface area contributed by atoms with Crippen LogP contribution in [0.15, 0.2) is 42.5 Å². The predicted molar refractivity (Wildman–Crippen MR) is 90.2 cm³/mol. The largest absolute Gasteiger partial charge is 0.545 e. The lowest BCUT2D eigenvalue weighted by Crippen LogP contribution is -2.33. The van der Waals surface area contributed by atoms with E-state index < -0.39 is 17.7 Å². The lowest BCUT2D eigenvalue weighted by atomic mass is 10.2. The van der Waals surface area contributed by atoms with E-state index in [9.17, 15) is 23.1 Å². The quantitative estimate of drug-likeness (QED) is 0.552. The number of hydrazine groups is 1. The first kappa shape index (κ1) is 18.8. The van der Waals surface area contributed by atoms with E-state index in [1.807, 2.05) is 0 Å². The Bertz CT molecular complexity index is 798. The van der Waals surface area contributed by atoms with Crippen molar-refractivity contribution in [3.05, 3.63) is 58.6 Å². The number of hydrogen-bond donors (Lipinski definition) is 3. The molecule has 0 aromatic heterocycles. The van der Waals surface area contributed by atoms with E-state index in [-0.39, 0.29) is 21.4 Å². The molecule has 5 nitrogen and oxygen atoms in total.